The molecule has 0 aromatic heterocycles. The summed E-state index contributed by atoms with van der Waals surface area (Å²) in [5.41, 5.74) is 1.15. The van der Waals surface area contributed by atoms with Crippen molar-refractivity contribution in [2.75, 3.05) is 54.1 Å². The predicted molar refractivity (Wildman–Crippen MR) is 99.2 cm³/mol. The van der Waals surface area contributed by atoms with Gasteiger partial charge in [-0.05, 0) is 36.8 Å². The van der Waals surface area contributed by atoms with Gasteiger partial charge in [0.15, 0.2) is 16.6 Å². The quantitative estimate of drug-likeness (QED) is 0.782. The molecule has 1 fully saturated rings. The van der Waals surface area contributed by atoms with E-state index in [-0.39, 0.29) is 0 Å². The molecule has 1 aromatic rings. The molecule has 1 aliphatic heterocycles. The van der Waals surface area contributed by atoms with E-state index in [2.05, 4.69) is 22.0 Å². The van der Waals surface area contributed by atoms with Crippen LogP contribution in [0.25, 0.3) is 0 Å². The van der Waals surface area contributed by atoms with Gasteiger partial charge in [0.05, 0.1) is 21.3 Å². The highest BCUT2D eigenvalue weighted by molar-refractivity contribution is 7.80. The van der Waals surface area contributed by atoms with Crippen molar-refractivity contribution >= 4 is 17.3 Å². The van der Waals surface area contributed by atoms with Crippen molar-refractivity contribution < 1.29 is 14.2 Å². The Morgan fingerprint density at radius 2 is 1.62 bits per heavy atom. The van der Waals surface area contributed by atoms with Crippen LogP contribution in [0.2, 0.25) is 0 Å². The van der Waals surface area contributed by atoms with E-state index in [0.717, 1.165) is 49.9 Å². The highest BCUT2D eigenvalue weighted by Crippen LogP contribution is 2.38. The monoisotopic (exact) mass is 353 g/mol. The molecule has 7 heteroatoms. The van der Waals surface area contributed by atoms with E-state index < -0.39 is 0 Å². The van der Waals surface area contributed by atoms with Gasteiger partial charge in [-0.1, -0.05) is 0 Å². The molecule has 0 bridgehead atoms. The smallest absolute Gasteiger partial charge is 0.203 e. The second-order valence-corrected chi connectivity index (χ2v) is 6.02. The van der Waals surface area contributed by atoms with Crippen molar-refractivity contribution in [1.82, 2.24) is 15.1 Å². The van der Waals surface area contributed by atoms with Crippen LogP contribution in [0.1, 0.15) is 12.5 Å². The summed E-state index contributed by atoms with van der Waals surface area (Å²) in [6.45, 7) is 7.60. The Bertz CT molecular complexity index is 535. The van der Waals surface area contributed by atoms with Crippen LogP contribution in [0.3, 0.4) is 0 Å². The summed E-state index contributed by atoms with van der Waals surface area (Å²) in [5.74, 6) is 2.02. The highest BCUT2D eigenvalue weighted by atomic mass is 32.1. The molecule has 0 spiro atoms. The average molecular weight is 353 g/mol. The zero-order valence-electron chi connectivity index (χ0n) is 14.9. The van der Waals surface area contributed by atoms with Gasteiger partial charge in [0.1, 0.15) is 0 Å². The Balaban J connectivity index is 2.01. The molecule has 0 aliphatic carbocycles. The van der Waals surface area contributed by atoms with Crippen LogP contribution in [0.5, 0.6) is 17.2 Å². The van der Waals surface area contributed by atoms with Gasteiger partial charge in [-0.2, -0.15) is 0 Å². The molecule has 1 saturated heterocycles. The van der Waals surface area contributed by atoms with Crippen LogP contribution >= 0.6 is 12.2 Å². The molecule has 2 rings (SSSR count). The first-order valence-electron chi connectivity index (χ1n) is 8.16. The zero-order chi connectivity index (χ0) is 17.5. The molecule has 134 valence electrons. The molecule has 0 saturated carbocycles. The number of hydrogen-bond acceptors (Lipinski definition) is 5. The summed E-state index contributed by atoms with van der Waals surface area (Å²) in [6.07, 6.45) is 0. The average Bonchev–Trinajstić information content (AvgIpc) is 2.61. The number of rotatable bonds is 6. The summed E-state index contributed by atoms with van der Waals surface area (Å²) >= 11 is 5.38. The summed E-state index contributed by atoms with van der Waals surface area (Å²) < 4.78 is 16.2. The van der Waals surface area contributed by atoms with E-state index in [4.69, 9.17) is 26.4 Å². The molecule has 0 unspecified atom stereocenters. The first kappa shape index (κ1) is 18.6. The number of ether oxygens (including phenoxy) is 3. The first-order chi connectivity index (χ1) is 11.6. The Kier molecular flexibility index (Phi) is 6.93. The number of benzene rings is 1. The first-order valence-corrected chi connectivity index (χ1v) is 8.57. The fourth-order valence-corrected chi connectivity index (χ4v) is 3.18. The molecule has 1 heterocycles. The summed E-state index contributed by atoms with van der Waals surface area (Å²) in [5, 5.41) is 4.07. The Labute approximate surface area is 149 Å². The third-order valence-corrected chi connectivity index (χ3v) is 4.52. The molecular formula is C17H27N3O3S. The maximum absolute atomic E-state index is 5.43. The van der Waals surface area contributed by atoms with E-state index in [9.17, 15) is 0 Å². The number of piperazine rings is 1. The third-order valence-electron chi connectivity index (χ3n) is 4.12. The predicted octanol–water partition coefficient (Wildman–Crippen LogP) is 1.72. The fourth-order valence-electron chi connectivity index (χ4n) is 2.86. The lowest BCUT2D eigenvalue weighted by Gasteiger charge is -2.36. The van der Waals surface area contributed by atoms with Gasteiger partial charge >= 0.3 is 0 Å². The van der Waals surface area contributed by atoms with Crippen LogP contribution < -0.4 is 19.5 Å². The zero-order valence-corrected chi connectivity index (χ0v) is 15.7. The van der Waals surface area contributed by atoms with Crippen LogP contribution in [0, 0.1) is 0 Å². The second kappa shape index (κ2) is 8.94. The number of thiocarbonyl (C=S) groups is 1. The van der Waals surface area contributed by atoms with Gasteiger partial charge < -0.3 is 24.4 Å². The maximum atomic E-state index is 5.43. The molecule has 1 aliphatic rings. The minimum Gasteiger partial charge on any atom is -0.493 e. The van der Waals surface area contributed by atoms with Gasteiger partial charge in [-0.25, -0.2) is 0 Å². The second-order valence-electron chi connectivity index (χ2n) is 5.63. The van der Waals surface area contributed by atoms with Gasteiger partial charge in [0.25, 0.3) is 0 Å². The van der Waals surface area contributed by atoms with Crippen molar-refractivity contribution in [2.45, 2.75) is 13.5 Å². The van der Waals surface area contributed by atoms with Crippen LogP contribution in [-0.2, 0) is 6.54 Å². The van der Waals surface area contributed by atoms with Gasteiger partial charge in [-0.3, -0.25) is 4.90 Å². The van der Waals surface area contributed by atoms with Crippen molar-refractivity contribution in [3.63, 3.8) is 0 Å². The van der Waals surface area contributed by atoms with E-state index in [1.807, 2.05) is 12.1 Å². The Morgan fingerprint density at radius 1 is 1.04 bits per heavy atom. The Morgan fingerprint density at radius 3 is 2.08 bits per heavy atom. The summed E-state index contributed by atoms with van der Waals surface area (Å²) in [7, 11) is 4.90. The molecule has 24 heavy (non-hydrogen) atoms. The van der Waals surface area contributed by atoms with E-state index in [1.54, 1.807) is 21.3 Å². The fraction of sp³-hybridized carbons (Fsp3) is 0.588. The topological polar surface area (TPSA) is 46.2 Å². The number of nitrogens with one attached hydrogen (secondary N) is 1. The Hall–Kier alpha value is -1.73. The molecule has 0 radical (unpaired) electrons. The minimum atomic E-state index is 0.629. The summed E-state index contributed by atoms with van der Waals surface area (Å²) in [4.78, 5) is 4.64. The van der Waals surface area contributed by atoms with Gasteiger partial charge in [0.2, 0.25) is 5.75 Å². The maximum Gasteiger partial charge on any atom is 0.203 e. The number of nitrogens with zero attached hydrogens (tertiary/aromatic N) is 2. The minimum absolute atomic E-state index is 0.629. The standard InChI is InChI=1S/C17H27N3O3S/c1-5-18-17(24)20-8-6-19(7-9-20)12-13-10-14(21-2)16(23-4)15(11-13)22-3/h10-11H,5-9,12H2,1-4H3,(H,18,24). The summed E-state index contributed by atoms with van der Waals surface area (Å²) in [6, 6.07) is 4.02. The molecule has 0 amide bonds. The number of methoxy groups -OCH3 is 3. The lowest BCUT2D eigenvalue weighted by molar-refractivity contribution is 0.174. The molecule has 6 nitrogen and oxygen atoms in total. The van der Waals surface area contributed by atoms with Gasteiger partial charge in [0, 0.05) is 39.3 Å². The van der Waals surface area contributed by atoms with Gasteiger partial charge in [-0.15, -0.1) is 0 Å². The number of hydrogen-bond donors (Lipinski definition) is 1. The van der Waals surface area contributed by atoms with Crippen LogP contribution in [0.4, 0.5) is 0 Å². The normalized spacial score (nSPS) is 15.1. The van der Waals surface area contributed by atoms with E-state index >= 15 is 0 Å². The molecular weight excluding hydrogens is 326 g/mol. The molecule has 1 aromatic carbocycles. The lowest BCUT2D eigenvalue weighted by Crippen LogP contribution is -2.51. The van der Waals surface area contributed by atoms with E-state index in [1.165, 1.54) is 0 Å². The SMILES string of the molecule is CCNC(=S)N1CCN(Cc2cc(OC)c(OC)c(OC)c2)CC1. The van der Waals surface area contributed by atoms with Crippen molar-refractivity contribution in [3.05, 3.63) is 17.7 Å². The molecule has 1 N–H and O–H groups in total. The van der Waals surface area contributed by atoms with Crippen LogP contribution in [0.15, 0.2) is 12.1 Å². The van der Waals surface area contributed by atoms with E-state index in [0.29, 0.717) is 17.2 Å². The van der Waals surface area contributed by atoms with Crippen molar-refractivity contribution in [3.8, 4) is 17.2 Å². The van der Waals surface area contributed by atoms with Crippen LogP contribution in [-0.4, -0.2) is 69.0 Å². The van der Waals surface area contributed by atoms with Crippen molar-refractivity contribution in [1.29, 1.82) is 0 Å². The third kappa shape index (κ3) is 4.42. The molecule has 0 atom stereocenters. The lowest BCUT2D eigenvalue weighted by atomic mass is 10.1. The highest BCUT2D eigenvalue weighted by Gasteiger charge is 2.20. The van der Waals surface area contributed by atoms with Crippen molar-refractivity contribution in [2.24, 2.45) is 0 Å². The largest absolute Gasteiger partial charge is 0.493 e.